The number of hydrogen-bond donors (Lipinski definition) is 0. The lowest BCUT2D eigenvalue weighted by molar-refractivity contribution is 0.755. The van der Waals surface area contributed by atoms with Crippen molar-refractivity contribution in [3.8, 4) is 0 Å². The zero-order valence-corrected chi connectivity index (χ0v) is 11.3. The minimum Gasteiger partial charge on any atom is -0.367 e. The average molecular weight is 229 g/mol. The fraction of sp³-hybridized carbons (Fsp3) is 0.500. The molecule has 1 fully saturated rings. The van der Waals surface area contributed by atoms with Crippen molar-refractivity contribution < 1.29 is 0 Å². The first-order valence-electron chi connectivity index (χ1n) is 6.70. The largest absolute Gasteiger partial charge is 0.367 e. The van der Waals surface area contributed by atoms with Gasteiger partial charge in [0.05, 0.1) is 0 Å². The molecule has 0 aliphatic carbocycles. The molecule has 0 aromatic heterocycles. The summed E-state index contributed by atoms with van der Waals surface area (Å²) >= 11 is 0. The summed E-state index contributed by atoms with van der Waals surface area (Å²) in [4.78, 5) is 2.52. The number of nitrogens with zero attached hydrogens (tertiary/aromatic N) is 1. The first-order chi connectivity index (χ1) is 8.17. The molecule has 0 bridgehead atoms. The zero-order chi connectivity index (χ0) is 12.4. The molecule has 1 aliphatic heterocycles. The molecule has 1 saturated heterocycles. The average Bonchev–Trinajstić information content (AvgIpc) is 2.68. The van der Waals surface area contributed by atoms with E-state index >= 15 is 0 Å². The summed E-state index contributed by atoms with van der Waals surface area (Å²) in [5, 5.41) is 0. The van der Waals surface area contributed by atoms with E-state index < -0.39 is 0 Å². The Morgan fingerprint density at radius 2 is 1.82 bits per heavy atom. The fourth-order valence-corrected chi connectivity index (χ4v) is 2.72. The molecule has 1 heteroatoms. The Balaban J connectivity index is 2.40. The standard InChI is InChI=1S/C16H23N/c1-5-14-8-7-9-15(6-2)16(14)17-10-12(3)13(4)11-17/h7-9,13H,3,5-6,10-11H2,1-2,4H3/t13-/m0/s1. The van der Waals surface area contributed by atoms with Gasteiger partial charge in [0.25, 0.3) is 0 Å². The maximum Gasteiger partial charge on any atom is 0.0434 e. The lowest BCUT2D eigenvalue weighted by Gasteiger charge is -2.24. The number of rotatable bonds is 3. The van der Waals surface area contributed by atoms with Gasteiger partial charge in [0, 0.05) is 18.8 Å². The monoisotopic (exact) mass is 229 g/mol. The molecule has 0 amide bonds. The van der Waals surface area contributed by atoms with Crippen LogP contribution in [0.2, 0.25) is 0 Å². The van der Waals surface area contributed by atoms with Crippen molar-refractivity contribution in [2.24, 2.45) is 5.92 Å². The van der Waals surface area contributed by atoms with Gasteiger partial charge in [-0.25, -0.2) is 0 Å². The summed E-state index contributed by atoms with van der Waals surface area (Å²) in [7, 11) is 0. The third kappa shape index (κ3) is 2.24. The van der Waals surface area contributed by atoms with Gasteiger partial charge in [0.2, 0.25) is 0 Å². The summed E-state index contributed by atoms with van der Waals surface area (Å²) in [6, 6.07) is 6.72. The third-order valence-electron chi connectivity index (χ3n) is 3.87. The normalized spacial score (nSPS) is 20.1. The maximum absolute atomic E-state index is 4.18. The van der Waals surface area contributed by atoms with Crippen molar-refractivity contribution in [2.75, 3.05) is 18.0 Å². The molecule has 17 heavy (non-hydrogen) atoms. The van der Waals surface area contributed by atoms with Crippen LogP contribution in [0.3, 0.4) is 0 Å². The third-order valence-corrected chi connectivity index (χ3v) is 3.87. The van der Waals surface area contributed by atoms with Gasteiger partial charge >= 0.3 is 0 Å². The SMILES string of the molecule is C=C1CN(c2c(CC)cccc2CC)C[C@@H]1C. The van der Waals surface area contributed by atoms with Gasteiger partial charge in [-0.1, -0.05) is 51.1 Å². The number of para-hydroxylation sites is 1. The van der Waals surface area contributed by atoms with Crippen LogP contribution in [0.25, 0.3) is 0 Å². The molecular weight excluding hydrogens is 206 g/mol. The van der Waals surface area contributed by atoms with E-state index in [0.29, 0.717) is 5.92 Å². The Bertz CT molecular complexity index is 397. The van der Waals surface area contributed by atoms with E-state index in [1.807, 2.05) is 0 Å². The minimum absolute atomic E-state index is 0.629. The highest BCUT2D eigenvalue weighted by atomic mass is 15.2. The Hall–Kier alpha value is -1.24. The van der Waals surface area contributed by atoms with Crippen LogP contribution >= 0.6 is 0 Å². The zero-order valence-electron chi connectivity index (χ0n) is 11.3. The first-order valence-corrected chi connectivity index (χ1v) is 6.70. The van der Waals surface area contributed by atoms with Crippen molar-refractivity contribution in [1.82, 2.24) is 0 Å². The second-order valence-corrected chi connectivity index (χ2v) is 5.07. The summed E-state index contributed by atoms with van der Waals surface area (Å²) in [5.41, 5.74) is 5.80. The quantitative estimate of drug-likeness (QED) is 0.712. The van der Waals surface area contributed by atoms with Crippen LogP contribution in [0.5, 0.6) is 0 Å². The van der Waals surface area contributed by atoms with E-state index in [-0.39, 0.29) is 0 Å². The van der Waals surface area contributed by atoms with E-state index in [9.17, 15) is 0 Å². The van der Waals surface area contributed by atoms with Crippen molar-refractivity contribution in [3.63, 3.8) is 0 Å². The highest BCUT2D eigenvalue weighted by molar-refractivity contribution is 5.62. The van der Waals surface area contributed by atoms with Crippen molar-refractivity contribution in [1.29, 1.82) is 0 Å². The van der Waals surface area contributed by atoms with E-state index in [0.717, 1.165) is 25.9 Å². The molecule has 92 valence electrons. The van der Waals surface area contributed by atoms with E-state index in [1.54, 1.807) is 0 Å². The lowest BCUT2D eigenvalue weighted by Crippen LogP contribution is -2.22. The molecule has 0 unspecified atom stereocenters. The predicted octanol–water partition coefficient (Wildman–Crippen LogP) is 3.82. The van der Waals surface area contributed by atoms with E-state index in [4.69, 9.17) is 0 Å². The number of anilines is 1. The molecule has 1 aliphatic rings. The smallest absolute Gasteiger partial charge is 0.0434 e. The van der Waals surface area contributed by atoms with Crippen LogP contribution in [-0.4, -0.2) is 13.1 Å². The summed E-state index contributed by atoms with van der Waals surface area (Å²) in [5.74, 6) is 0.629. The second kappa shape index (κ2) is 4.95. The van der Waals surface area contributed by atoms with Crippen LogP contribution in [0.15, 0.2) is 30.4 Å². The summed E-state index contributed by atoms with van der Waals surface area (Å²) < 4.78 is 0. The van der Waals surface area contributed by atoms with Gasteiger partial charge < -0.3 is 4.90 Å². The lowest BCUT2D eigenvalue weighted by atomic mass is 10.0. The van der Waals surface area contributed by atoms with Crippen LogP contribution in [0.1, 0.15) is 31.9 Å². The van der Waals surface area contributed by atoms with Crippen LogP contribution in [0.4, 0.5) is 5.69 Å². The highest BCUT2D eigenvalue weighted by Crippen LogP contribution is 2.32. The van der Waals surface area contributed by atoms with Gasteiger partial charge in [-0.3, -0.25) is 0 Å². The van der Waals surface area contributed by atoms with Gasteiger partial charge in [-0.15, -0.1) is 0 Å². The molecule has 1 heterocycles. The molecule has 1 nitrogen and oxygen atoms in total. The van der Waals surface area contributed by atoms with Gasteiger partial charge in [0.15, 0.2) is 0 Å². The molecule has 0 spiro atoms. The molecular formula is C16H23N. The van der Waals surface area contributed by atoms with Gasteiger partial charge in [0.1, 0.15) is 0 Å². The Labute approximate surface area is 105 Å². The van der Waals surface area contributed by atoms with Gasteiger partial charge in [-0.2, -0.15) is 0 Å². The molecule has 1 aromatic carbocycles. The molecule has 2 rings (SSSR count). The van der Waals surface area contributed by atoms with Crippen molar-refractivity contribution >= 4 is 5.69 Å². The fourth-order valence-electron chi connectivity index (χ4n) is 2.72. The predicted molar refractivity (Wildman–Crippen MR) is 75.7 cm³/mol. The molecule has 0 saturated carbocycles. The number of benzene rings is 1. The Kier molecular flexibility index (Phi) is 3.56. The van der Waals surface area contributed by atoms with Crippen molar-refractivity contribution in [2.45, 2.75) is 33.6 Å². The Morgan fingerprint density at radius 1 is 1.24 bits per heavy atom. The second-order valence-electron chi connectivity index (χ2n) is 5.07. The summed E-state index contributed by atoms with van der Waals surface area (Å²) in [6.07, 6.45) is 2.22. The summed E-state index contributed by atoms with van der Waals surface area (Å²) in [6.45, 7) is 13.1. The van der Waals surface area contributed by atoms with Crippen LogP contribution in [-0.2, 0) is 12.8 Å². The van der Waals surface area contributed by atoms with Crippen molar-refractivity contribution in [3.05, 3.63) is 41.5 Å². The van der Waals surface area contributed by atoms with Crippen LogP contribution < -0.4 is 4.90 Å². The molecule has 1 atom stereocenters. The molecule has 0 N–H and O–H groups in total. The molecule has 0 radical (unpaired) electrons. The first kappa shape index (κ1) is 12.2. The number of hydrogen-bond acceptors (Lipinski definition) is 1. The Morgan fingerprint density at radius 3 is 2.24 bits per heavy atom. The van der Waals surface area contributed by atoms with E-state index in [2.05, 4.69) is 50.4 Å². The van der Waals surface area contributed by atoms with Crippen LogP contribution in [0, 0.1) is 5.92 Å². The maximum atomic E-state index is 4.18. The highest BCUT2D eigenvalue weighted by Gasteiger charge is 2.25. The minimum atomic E-state index is 0.629. The van der Waals surface area contributed by atoms with E-state index in [1.165, 1.54) is 22.4 Å². The van der Waals surface area contributed by atoms with Gasteiger partial charge in [-0.05, 0) is 29.9 Å². The molecule has 1 aromatic rings. The number of aryl methyl sites for hydroxylation is 2. The topological polar surface area (TPSA) is 3.24 Å².